The number of anilines is 1. The van der Waals surface area contributed by atoms with E-state index in [0.717, 1.165) is 11.3 Å². The van der Waals surface area contributed by atoms with E-state index in [2.05, 4.69) is 25.7 Å². The van der Waals surface area contributed by atoms with Crippen LogP contribution in [0.4, 0.5) is 5.95 Å². The van der Waals surface area contributed by atoms with Crippen molar-refractivity contribution in [3.8, 4) is 11.3 Å². The summed E-state index contributed by atoms with van der Waals surface area (Å²) in [5.74, 6) is 0.766. The SMILES string of the molecule is Cc1ccn2c(NC(=O)c3cc(-c4ccccc4)on3)nnc2n1. The molecule has 3 heterocycles. The van der Waals surface area contributed by atoms with Gasteiger partial charge in [0.15, 0.2) is 11.5 Å². The highest BCUT2D eigenvalue weighted by Gasteiger charge is 2.16. The molecule has 118 valence electrons. The summed E-state index contributed by atoms with van der Waals surface area (Å²) in [6, 6.07) is 12.8. The summed E-state index contributed by atoms with van der Waals surface area (Å²) in [6.45, 7) is 1.85. The van der Waals surface area contributed by atoms with E-state index in [-0.39, 0.29) is 11.6 Å². The van der Waals surface area contributed by atoms with Crippen LogP contribution >= 0.6 is 0 Å². The number of benzene rings is 1. The van der Waals surface area contributed by atoms with Crippen molar-refractivity contribution in [1.29, 1.82) is 0 Å². The van der Waals surface area contributed by atoms with Crippen molar-refractivity contribution in [1.82, 2.24) is 24.7 Å². The van der Waals surface area contributed by atoms with Gasteiger partial charge < -0.3 is 4.52 Å². The molecule has 0 fully saturated rings. The Balaban J connectivity index is 1.59. The topological polar surface area (TPSA) is 98.2 Å². The molecular formula is C16H12N6O2. The van der Waals surface area contributed by atoms with E-state index in [9.17, 15) is 4.79 Å². The molecule has 8 heteroatoms. The average molecular weight is 320 g/mol. The first-order valence-corrected chi connectivity index (χ1v) is 7.22. The van der Waals surface area contributed by atoms with Crippen molar-refractivity contribution in [3.05, 3.63) is 60.0 Å². The maximum absolute atomic E-state index is 12.3. The number of hydrogen-bond acceptors (Lipinski definition) is 6. The summed E-state index contributed by atoms with van der Waals surface area (Å²) in [7, 11) is 0. The third-order valence-corrected chi connectivity index (χ3v) is 3.45. The molecule has 0 aliphatic rings. The summed E-state index contributed by atoms with van der Waals surface area (Å²) in [5.41, 5.74) is 1.82. The first-order chi connectivity index (χ1) is 11.7. The fourth-order valence-corrected chi connectivity index (χ4v) is 2.25. The maximum Gasteiger partial charge on any atom is 0.280 e. The van der Waals surface area contributed by atoms with Gasteiger partial charge in [-0.15, -0.1) is 10.2 Å². The molecular weight excluding hydrogens is 308 g/mol. The monoisotopic (exact) mass is 320 g/mol. The van der Waals surface area contributed by atoms with Gasteiger partial charge in [0, 0.05) is 23.5 Å². The molecule has 0 unspecified atom stereocenters. The molecule has 0 spiro atoms. The first-order valence-electron chi connectivity index (χ1n) is 7.22. The number of fused-ring (bicyclic) bond motifs is 1. The third-order valence-electron chi connectivity index (χ3n) is 3.45. The molecule has 1 N–H and O–H groups in total. The van der Waals surface area contributed by atoms with Crippen molar-refractivity contribution in [2.24, 2.45) is 0 Å². The number of carbonyl (C=O) groups excluding carboxylic acids is 1. The van der Waals surface area contributed by atoms with Gasteiger partial charge in [0.05, 0.1) is 0 Å². The van der Waals surface area contributed by atoms with Crippen molar-refractivity contribution >= 4 is 17.6 Å². The second-order valence-corrected chi connectivity index (χ2v) is 5.16. The molecule has 0 saturated carbocycles. The van der Waals surface area contributed by atoms with E-state index >= 15 is 0 Å². The summed E-state index contributed by atoms with van der Waals surface area (Å²) in [4.78, 5) is 16.6. The van der Waals surface area contributed by atoms with E-state index in [4.69, 9.17) is 4.52 Å². The molecule has 0 bridgehead atoms. The van der Waals surface area contributed by atoms with E-state index in [0.29, 0.717) is 11.5 Å². The molecule has 1 amide bonds. The molecule has 1 aromatic carbocycles. The molecule has 4 rings (SSSR count). The predicted molar refractivity (Wildman–Crippen MR) is 85.4 cm³/mol. The molecule has 0 aliphatic heterocycles. The van der Waals surface area contributed by atoms with E-state index in [1.54, 1.807) is 22.7 Å². The minimum atomic E-state index is -0.434. The number of nitrogens with zero attached hydrogens (tertiary/aromatic N) is 5. The third kappa shape index (κ3) is 2.50. The fourth-order valence-electron chi connectivity index (χ4n) is 2.25. The maximum atomic E-state index is 12.3. The summed E-state index contributed by atoms with van der Waals surface area (Å²) < 4.78 is 6.81. The van der Waals surface area contributed by atoms with Gasteiger partial charge in [-0.2, -0.15) is 0 Å². The predicted octanol–water partition coefficient (Wildman–Crippen LogP) is 2.34. The summed E-state index contributed by atoms with van der Waals surface area (Å²) in [6.07, 6.45) is 1.74. The van der Waals surface area contributed by atoms with Crippen molar-refractivity contribution in [2.45, 2.75) is 6.92 Å². The Morgan fingerprint density at radius 1 is 1.17 bits per heavy atom. The van der Waals surface area contributed by atoms with Gasteiger partial charge in [0.2, 0.25) is 5.95 Å². The molecule has 24 heavy (non-hydrogen) atoms. The highest BCUT2D eigenvalue weighted by molar-refractivity contribution is 6.02. The van der Waals surface area contributed by atoms with Crippen LogP contribution in [0, 0.1) is 6.92 Å². The molecule has 4 aromatic rings. The van der Waals surface area contributed by atoms with Crippen LogP contribution in [0.1, 0.15) is 16.2 Å². The van der Waals surface area contributed by atoms with Crippen LogP contribution < -0.4 is 5.32 Å². The van der Waals surface area contributed by atoms with Gasteiger partial charge in [0.1, 0.15) is 0 Å². The van der Waals surface area contributed by atoms with Crippen LogP contribution in [-0.2, 0) is 0 Å². The number of carbonyl (C=O) groups is 1. The lowest BCUT2D eigenvalue weighted by Crippen LogP contribution is -2.14. The normalized spacial score (nSPS) is 10.9. The number of aromatic nitrogens is 5. The molecule has 8 nitrogen and oxygen atoms in total. The van der Waals surface area contributed by atoms with Crippen LogP contribution in [0.25, 0.3) is 17.1 Å². The highest BCUT2D eigenvalue weighted by atomic mass is 16.5. The zero-order chi connectivity index (χ0) is 16.5. The fraction of sp³-hybridized carbons (Fsp3) is 0.0625. The molecule has 0 saturated heterocycles. The van der Waals surface area contributed by atoms with Crippen molar-refractivity contribution in [2.75, 3.05) is 5.32 Å². The van der Waals surface area contributed by atoms with Gasteiger partial charge in [-0.25, -0.2) is 4.98 Å². The van der Waals surface area contributed by atoms with Crippen LogP contribution in [-0.4, -0.2) is 30.6 Å². The first kappa shape index (κ1) is 14.1. The molecule has 3 aromatic heterocycles. The second kappa shape index (κ2) is 5.58. The minimum absolute atomic E-state index is 0.158. The van der Waals surface area contributed by atoms with Gasteiger partial charge in [-0.3, -0.25) is 14.5 Å². The van der Waals surface area contributed by atoms with E-state index < -0.39 is 5.91 Å². The van der Waals surface area contributed by atoms with Crippen LogP contribution in [0.5, 0.6) is 0 Å². The molecule has 0 aliphatic carbocycles. The van der Waals surface area contributed by atoms with Gasteiger partial charge in [0.25, 0.3) is 11.7 Å². The number of nitrogens with one attached hydrogen (secondary N) is 1. The Hall–Kier alpha value is -3.55. The Morgan fingerprint density at radius 3 is 2.83 bits per heavy atom. The smallest absolute Gasteiger partial charge is 0.280 e. The average Bonchev–Trinajstić information content (AvgIpc) is 3.23. The van der Waals surface area contributed by atoms with Crippen molar-refractivity contribution < 1.29 is 9.32 Å². The number of hydrogen-bond donors (Lipinski definition) is 1. The van der Waals surface area contributed by atoms with Crippen LogP contribution in [0.15, 0.2) is 53.2 Å². The Kier molecular flexibility index (Phi) is 3.27. The van der Waals surface area contributed by atoms with Crippen LogP contribution in [0.2, 0.25) is 0 Å². The number of amides is 1. The molecule has 0 atom stereocenters. The summed E-state index contributed by atoms with van der Waals surface area (Å²) in [5, 5.41) is 14.3. The quantitative estimate of drug-likeness (QED) is 0.622. The highest BCUT2D eigenvalue weighted by Crippen LogP contribution is 2.20. The molecule has 0 radical (unpaired) electrons. The van der Waals surface area contributed by atoms with Gasteiger partial charge in [-0.1, -0.05) is 35.5 Å². The zero-order valence-electron chi connectivity index (χ0n) is 12.7. The van der Waals surface area contributed by atoms with Gasteiger partial charge >= 0.3 is 0 Å². The minimum Gasteiger partial charge on any atom is -0.355 e. The Bertz CT molecular complexity index is 1020. The lowest BCUT2D eigenvalue weighted by atomic mass is 10.1. The standard InChI is InChI=1S/C16H12N6O2/c1-10-7-8-22-15(17-10)19-20-16(22)18-14(23)12-9-13(24-21-12)11-5-3-2-4-6-11/h2-9H,1H3,(H,18,20,23). The zero-order valence-corrected chi connectivity index (χ0v) is 12.7. The second-order valence-electron chi connectivity index (χ2n) is 5.16. The number of rotatable bonds is 3. The largest absolute Gasteiger partial charge is 0.355 e. The van der Waals surface area contributed by atoms with Crippen molar-refractivity contribution in [3.63, 3.8) is 0 Å². The Morgan fingerprint density at radius 2 is 2.00 bits per heavy atom. The van der Waals surface area contributed by atoms with E-state index in [1.165, 1.54) is 0 Å². The summed E-state index contributed by atoms with van der Waals surface area (Å²) >= 11 is 0. The van der Waals surface area contributed by atoms with Gasteiger partial charge in [-0.05, 0) is 13.0 Å². The van der Waals surface area contributed by atoms with E-state index in [1.807, 2.05) is 37.3 Å². The lowest BCUT2D eigenvalue weighted by Gasteiger charge is -2.00. The number of aryl methyl sites for hydroxylation is 1. The Labute approximate surface area is 136 Å². The lowest BCUT2D eigenvalue weighted by molar-refractivity contribution is 0.101. The van der Waals surface area contributed by atoms with Crippen LogP contribution in [0.3, 0.4) is 0 Å².